The van der Waals surface area contributed by atoms with Crippen molar-refractivity contribution in [2.45, 2.75) is 45.1 Å². The van der Waals surface area contributed by atoms with E-state index in [2.05, 4.69) is 17.2 Å². The molecule has 0 aliphatic heterocycles. The second kappa shape index (κ2) is 5.37. The SMILES string of the molecule is CC(Nc1nc2ccc(O)cc2s1)C1CCCCC1. The minimum absolute atomic E-state index is 0.308. The number of aromatic nitrogens is 1. The lowest BCUT2D eigenvalue weighted by Crippen LogP contribution is -2.27. The Morgan fingerprint density at radius 3 is 2.89 bits per heavy atom. The van der Waals surface area contributed by atoms with E-state index in [4.69, 9.17) is 0 Å². The molecule has 1 aromatic carbocycles. The van der Waals surface area contributed by atoms with Crippen molar-refractivity contribution in [3.05, 3.63) is 18.2 Å². The maximum absolute atomic E-state index is 9.48. The van der Waals surface area contributed by atoms with Gasteiger partial charge in [0.25, 0.3) is 0 Å². The van der Waals surface area contributed by atoms with Gasteiger partial charge in [0.1, 0.15) is 5.75 Å². The lowest BCUT2D eigenvalue weighted by molar-refractivity contribution is 0.328. The van der Waals surface area contributed by atoms with Crippen LogP contribution < -0.4 is 5.32 Å². The van der Waals surface area contributed by atoms with Crippen molar-refractivity contribution in [3.63, 3.8) is 0 Å². The van der Waals surface area contributed by atoms with Gasteiger partial charge in [0.05, 0.1) is 10.2 Å². The van der Waals surface area contributed by atoms with E-state index >= 15 is 0 Å². The monoisotopic (exact) mass is 276 g/mol. The molecule has 1 aliphatic carbocycles. The number of anilines is 1. The number of fused-ring (bicyclic) bond motifs is 1. The summed E-state index contributed by atoms with van der Waals surface area (Å²) in [6.45, 7) is 2.26. The maximum Gasteiger partial charge on any atom is 0.184 e. The molecule has 1 saturated carbocycles. The smallest absolute Gasteiger partial charge is 0.184 e. The Hall–Kier alpha value is -1.29. The van der Waals surface area contributed by atoms with E-state index < -0.39 is 0 Å². The summed E-state index contributed by atoms with van der Waals surface area (Å²) in [6.07, 6.45) is 6.79. The molecule has 1 aliphatic rings. The number of hydrogen-bond donors (Lipinski definition) is 2. The zero-order valence-corrected chi connectivity index (χ0v) is 12.0. The van der Waals surface area contributed by atoms with Crippen molar-refractivity contribution < 1.29 is 5.11 Å². The van der Waals surface area contributed by atoms with Gasteiger partial charge in [-0.2, -0.15) is 0 Å². The average Bonchev–Trinajstić information content (AvgIpc) is 2.81. The third-order valence-electron chi connectivity index (χ3n) is 4.08. The fourth-order valence-electron chi connectivity index (χ4n) is 2.92. The van der Waals surface area contributed by atoms with Crippen molar-refractivity contribution in [1.29, 1.82) is 0 Å². The maximum atomic E-state index is 9.48. The molecule has 0 spiro atoms. The van der Waals surface area contributed by atoms with Crippen LogP contribution in [0.5, 0.6) is 5.75 Å². The van der Waals surface area contributed by atoms with E-state index in [9.17, 15) is 5.11 Å². The van der Waals surface area contributed by atoms with Crippen LogP contribution in [0, 0.1) is 5.92 Å². The predicted molar refractivity (Wildman–Crippen MR) is 80.9 cm³/mol. The summed E-state index contributed by atoms with van der Waals surface area (Å²) in [4.78, 5) is 4.58. The van der Waals surface area contributed by atoms with E-state index in [1.54, 1.807) is 23.5 Å². The second-order valence-corrected chi connectivity index (χ2v) is 6.53. The lowest BCUT2D eigenvalue weighted by atomic mass is 9.85. The lowest BCUT2D eigenvalue weighted by Gasteiger charge is -2.28. The van der Waals surface area contributed by atoms with Crippen LogP contribution in [0.25, 0.3) is 10.2 Å². The third kappa shape index (κ3) is 2.84. The van der Waals surface area contributed by atoms with Crippen molar-refractivity contribution in [3.8, 4) is 5.75 Å². The van der Waals surface area contributed by atoms with Crippen LogP contribution in [0.3, 0.4) is 0 Å². The van der Waals surface area contributed by atoms with Gasteiger partial charge >= 0.3 is 0 Å². The topological polar surface area (TPSA) is 45.2 Å². The fourth-order valence-corrected chi connectivity index (χ4v) is 3.92. The van der Waals surface area contributed by atoms with Crippen LogP contribution in [0.4, 0.5) is 5.13 Å². The van der Waals surface area contributed by atoms with Crippen LogP contribution in [0.15, 0.2) is 18.2 Å². The molecular formula is C15H20N2OS. The fraction of sp³-hybridized carbons (Fsp3) is 0.533. The van der Waals surface area contributed by atoms with Gasteiger partial charge in [0.2, 0.25) is 0 Å². The Morgan fingerprint density at radius 1 is 1.32 bits per heavy atom. The molecule has 3 nitrogen and oxygen atoms in total. The summed E-state index contributed by atoms with van der Waals surface area (Å²) in [7, 11) is 0. The highest BCUT2D eigenvalue weighted by Gasteiger charge is 2.20. The summed E-state index contributed by atoms with van der Waals surface area (Å²) in [5, 5.41) is 14.0. The summed E-state index contributed by atoms with van der Waals surface area (Å²) < 4.78 is 1.04. The summed E-state index contributed by atoms with van der Waals surface area (Å²) in [6, 6.07) is 5.83. The number of thiazole rings is 1. The van der Waals surface area contributed by atoms with E-state index in [1.807, 2.05) is 6.07 Å². The predicted octanol–water partition coefficient (Wildman–Crippen LogP) is 4.38. The molecule has 0 bridgehead atoms. The molecule has 1 atom stereocenters. The number of aromatic hydroxyl groups is 1. The molecular weight excluding hydrogens is 256 g/mol. The van der Waals surface area contributed by atoms with Gasteiger partial charge in [-0.25, -0.2) is 4.98 Å². The molecule has 1 aromatic heterocycles. The first-order valence-electron chi connectivity index (χ1n) is 7.08. The highest BCUT2D eigenvalue weighted by molar-refractivity contribution is 7.22. The molecule has 1 unspecified atom stereocenters. The Bertz CT molecular complexity index is 560. The first-order valence-corrected chi connectivity index (χ1v) is 7.90. The van der Waals surface area contributed by atoms with Crippen molar-refractivity contribution in [2.75, 3.05) is 5.32 Å². The van der Waals surface area contributed by atoms with Gasteiger partial charge in [0, 0.05) is 6.04 Å². The zero-order chi connectivity index (χ0) is 13.2. The minimum Gasteiger partial charge on any atom is -0.508 e. The largest absolute Gasteiger partial charge is 0.508 e. The van der Waals surface area contributed by atoms with Crippen LogP contribution >= 0.6 is 11.3 Å². The number of nitrogens with zero attached hydrogens (tertiary/aromatic N) is 1. The quantitative estimate of drug-likeness (QED) is 0.874. The number of rotatable bonds is 3. The summed E-state index contributed by atoms with van der Waals surface area (Å²) in [5.74, 6) is 1.08. The van der Waals surface area contributed by atoms with Crippen molar-refractivity contribution in [1.82, 2.24) is 4.98 Å². The van der Waals surface area contributed by atoms with Crippen LogP contribution in [-0.2, 0) is 0 Å². The van der Waals surface area contributed by atoms with Gasteiger partial charge in [-0.3, -0.25) is 0 Å². The number of hydrogen-bond acceptors (Lipinski definition) is 4. The molecule has 1 heterocycles. The Labute approximate surface area is 117 Å². The van der Waals surface area contributed by atoms with Crippen molar-refractivity contribution >= 4 is 26.7 Å². The van der Waals surface area contributed by atoms with Gasteiger partial charge in [-0.05, 0) is 43.9 Å². The summed E-state index contributed by atoms with van der Waals surface area (Å²) in [5.41, 5.74) is 0.959. The number of phenolic OH excluding ortho intramolecular Hbond substituents is 1. The number of nitrogens with one attached hydrogen (secondary N) is 1. The van der Waals surface area contributed by atoms with Gasteiger partial charge in [-0.15, -0.1) is 0 Å². The van der Waals surface area contributed by atoms with Crippen LogP contribution in [-0.4, -0.2) is 16.1 Å². The van der Waals surface area contributed by atoms with E-state index in [1.165, 1.54) is 32.1 Å². The first-order chi connectivity index (χ1) is 9.22. The molecule has 4 heteroatoms. The zero-order valence-electron chi connectivity index (χ0n) is 11.2. The second-order valence-electron chi connectivity index (χ2n) is 5.50. The molecule has 0 amide bonds. The van der Waals surface area contributed by atoms with Gasteiger partial charge in [0.15, 0.2) is 5.13 Å². The number of benzene rings is 1. The van der Waals surface area contributed by atoms with Gasteiger partial charge < -0.3 is 10.4 Å². The third-order valence-corrected chi connectivity index (χ3v) is 5.03. The minimum atomic E-state index is 0.308. The highest BCUT2D eigenvalue weighted by atomic mass is 32.1. The van der Waals surface area contributed by atoms with Crippen LogP contribution in [0.1, 0.15) is 39.0 Å². The van der Waals surface area contributed by atoms with Crippen LogP contribution in [0.2, 0.25) is 0 Å². The number of phenols is 1. The molecule has 19 heavy (non-hydrogen) atoms. The molecule has 2 aromatic rings. The molecule has 0 saturated heterocycles. The normalized spacial score (nSPS) is 18.6. The van der Waals surface area contributed by atoms with E-state index in [0.29, 0.717) is 11.8 Å². The van der Waals surface area contributed by atoms with E-state index in [-0.39, 0.29) is 0 Å². The van der Waals surface area contributed by atoms with Gasteiger partial charge in [-0.1, -0.05) is 30.6 Å². The Kier molecular flexibility index (Phi) is 3.60. The van der Waals surface area contributed by atoms with E-state index in [0.717, 1.165) is 21.3 Å². The molecule has 2 N–H and O–H groups in total. The summed E-state index contributed by atoms with van der Waals surface area (Å²) >= 11 is 1.62. The molecule has 3 rings (SSSR count). The highest BCUT2D eigenvalue weighted by Crippen LogP contribution is 2.32. The average molecular weight is 276 g/mol. The molecule has 1 fully saturated rings. The standard InChI is InChI=1S/C15H20N2OS/c1-10(11-5-3-2-4-6-11)16-15-17-13-8-7-12(18)9-14(13)19-15/h7-11,18H,2-6H2,1H3,(H,16,17). The van der Waals surface area contributed by atoms with Crippen molar-refractivity contribution in [2.24, 2.45) is 5.92 Å². The molecule has 0 radical (unpaired) electrons. The first kappa shape index (κ1) is 12.7. The Morgan fingerprint density at radius 2 is 2.11 bits per heavy atom. The Balaban J connectivity index is 1.73. The molecule has 102 valence electrons.